The molecule has 1 aromatic carbocycles. The van der Waals surface area contributed by atoms with Crippen molar-refractivity contribution in [2.75, 3.05) is 0 Å². The van der Waals surface area contributed by atoms with Gasteiger partial charge in [-0.3, -0.25) is 9.59 Å². The highest BCUT2D eigenvalue weighted by molar-refractivity contribution is 6.24. The van der Waals surface area contributed by atoms with E-state index in [1.54, 1.807) is 24.3 Å². The SMILES string of the molecule is [B]CC(=O)c1ccc(C(C)=O)cc1. The molecule has 0 heterocycles. The number of hydrogen-bond acceptors (Lipinski definition) is 2. The van der Waals surface area contributed by atoms with E-state index in [1.165, 1.54) is 6.92 Å². The first-order chi connectivity index (χ1) is 6.15. The summed E-state index contributed by atoms with van der Waals surface area (Å²) >= 11 is 0. The molecule has 13 heavy (non-hydrogen) atoms. The predicted molar refractivity (Wildman–Crippen MR) is 51.3 cm³/mol. The van der Waals surface area contributed by atoms with E-state index in [0.29, 0.717) is 11.1 Å². The van der Waals surface area contributed by atoms with Crippen LogP contribution in [0, 0.1) is 0 Å². The molecule has 1 rings (SSSR count). The lowest BCUT2D eigenvalue weighted by Gasteiger charge is -1.98. The molecule has 1 aromatic rings. The van der Waals surface area contributed by atoms with Gasteiger partial charge in [-0.2, -0.15) is 0 Å². The molecule has 0 aliphatic heterocycles. The van der Waals surface area contributed by atoms with Crippen molar-refractivity contribution in [1.29, 1.82) is 0 Å². The number of carbonyl (C=O) groups is 2. The van der Waals surface area contributed by atoms with E-state index in [9.17, 15) is 9.59 Å². The van der Waals surface area contributed by atoms with E-state index >= 15 is 0 Å². The summed E-state index contributed by atoms with van der Waals surface area (Å²) in [7, 11) is 5.19. The molecule has 0 bridgehead atoms. The molecule has 0 unspecified atom stereocenters. The maximum absolute atomic E-state index is 11.1. The Kier molecular flexibility index (Phi) is 3.01. The third-order valence-electron chi connectivity index (χ3n) is 1.80. The van der Waals surface area contributed by atoms with Crippen LogP contribution in [-0.4, -0.2) is 19.4 Å². The monoisotopic (exact) mass is 172 g/mol. The van der Waals surface area contributed by atoms with Gasteiger partial charge < -0.3 is 0 Å². The summed E-state index contributed by atoms with van der Waals surface area (Å²) in [5, 5.41) is 0. The Labute approximate surface area is 78.4 Å². The highest BCUT2D eigenvalue weighted by Crippen LogP contribution is 2.06. The van der Waals surface area contributed by atoms with Crippen LogP contribution in [0.1, 0.15) is 27.6 Å². The summed E-state index contributed by atoms with van der Waals surface area (Å²) in [6.45, 7) is 1.49. The highest BCUT2D eigenvalue weighted by atomic mass is 16.1. The fourth-order valence-electron chi connectivity index (χ4n) is 1.01. The van der Waals surface area contributed by atoms with Gasteiger partial charge in [-0.1, -0.05) is 24.3 Å². The van der Waals surface area contributed by atoms with Crippen LogP contribution in [0.5, 0.6) is 0 Å². The Morgan fingerprint density at radius 2 is 1.62 bits per heavy atom. The van der Waals surface area contributed by atoms with E-state index in [0.717, 1.165) is 0 Å². The predicted octanol–water partition coefficient (Wildman–Crippen LogP) is 1.66. The van der Waals surface area contributed by atoms with Gasteiger partial charge in [-0.15, -0.1) is 0 Å². The van der Waals surface area contributed by atoms with Gasteiger partial charge in [0.15, 0.2) is 11.6 Å². The molecular formula is C10H9BO2. The minimum atomic E-state index is -0.116. The normalized spacial score (nSPS) is 9.62. The molecule has 0 fully saturated rings. The van der Waals surface area contributed by atoms with Gasteiger partial charge in [0.25, 0.3) is 0 Å². The fraction of sp³-hybridized carbons (Fsp3) is 0.200. The second-order valence-electron chi connectivity index (χ2n) is 2.76. The van der Waals surface area contributed by atoms with Crippen molar-refractivity contribution in [3.8, 4) is 0 Å². The number of ketones is 2. The summed E-state index contributed by atoms with van der Waals surface area (Å²) in [6, 6.07) is 6.49. The minimum Gasteiger partial charge on any atom is -0.295 e. The van der Waals surface area contributed by atoms with Crippen molar-refractivity contribution < 1.29 is 9.59 Å². The van der Waals surface area contributed by atoms with Crippen molar-refractivity contribution in [1.82, 2.24) is 0 Å². The molecule has 0 aliphatic rings. The van der Waals surface area contributed by atoms with Crippen LogP contribution in [0.3, 0.4) is 0 Å². The summed E-state index contributed by atoms with van der Waals surface area (Å²) in [5.74, 6) is -0.123. The smallest absolute Gasteiger partial charge is 0.159 e. The molecule has 2 radical (unpaired) electrons. The number of Topliss-reactive ketones (excluding diaryl/α,β-unsaturated/α-hetero) is 2. The Morgan fingerprint density at radius 1 is 1.15 bits per heavy atom. The molecule has 2 nitrogen and oxygen atoms in total. The van der Waals surface area contributed by atoms with Gasteiger partial charge in [0.1, 0.15) is 0 Å². The van der Waals surface area contributed by atoms with Gasteiger partial charge in [-0.05, 0) is 13.2 Å². The molecule has 0 aromatic heterocycles. The average molecular weight is 172 g/mol. The number of benzene rings is 1. The third-order valence-corrected chi connectivity index (χ3v) is 1.80. The standard InChI is InChI=1S/C10H9BO2/c1-7(12)8-2-4-9(5-3-8)10(13)6-11/h2-5H,6H2,1H3. The molecule has 0 amide bonds. The van der Waals surface area contributed by atoms with Crippen LogP contribution in [-0.2, 0) is 0 Å². The fourth-order valence-corrected chi connectivity index (χ4v) is 1.01. The van der Waals surface area contributed by atoms with Gasteiger partial charge in [0, 0.05) is 11.1 Å². The topological polar surface area (TPSA) is 34.1 Å². The van der Waals surface area contributed by atoms with Gasteiger partial charge >= 0.3 is 0 Å². The van der Waals surface area contributed by atoms with Crippen molar-refractivity contribution in [2.45, 2.75) is 13.2 Å². The van der Waals surface area contributed by atoms with Crippen LogP contribution in [0.25, 0.3) is 0 Å². The Bertz CT molecular complexity index is 327. The lowest BCUT2D eigenvalue weighted by atomic mass is 9.95. The maximum atomic E-state index is 11.1. The molecule has 0 N–H and O–H groups in total. The second kappa shape index (κ2) is 4.03. The van der Waals surface area contributed by atoms with Gasteiger partial charge in [0.05, 0.1) is 7.85 Å². The number of carbonyl (C=O) groups excluding carboxylic acids is 2. The van der Waals surface area contributed by atoms with E-state index < -0.39 is 0 Å². The Morgan fingerprint density at radius 3 is 2.00 bits per heavy atom. The highest BCUT2D eigenvalue weighted by Gasteiger charge is 2.03. The van der Waals surface area contributed by atoms with E-state index in [4.69, 9.17) is 7.85 Å². The summed E-state index contributed by atoms with van der Waals surface area (Å²) in [5.41, 5.74) is 1.15. The Hall–Kier alpha value is -1.38. The van der Waals surface area contributed by atoms with Crippen LogP contribution in [0.4, 0.5) is 0 Å². The zero-order valence-corrected chi connectivity index (χ0v) is 7.41. The van der Waals surface area contributed by atoms with Crippen LogP contribution >= 0.6 is 0 Å². The Balaban J connectivity index is 2.93. The third kappa shape index (κ3) is 2.28. The van der Waals surface area contributed by atoms with E-state index in [2.05, 4.69) is 0 Å². The zero-order chi connectivity index (χ0) is 9.84. The first-order valence-electron chi connectivity index (χ1n) is 3.99. The largest absolute Gasteiger partial charge is 0.295 e. The van der Waals surface area contributed by atoms with Crippen molar-refractivity contribution in [3.05, 3.63) is 35.4 Å². The summed E-state index contributed by atoms with van der Waals surface area (Å²) < 4.78 is 0. The lowest BCUT2D eigenvalue weighted by molar-refractivity contribution is 0.100. The molecular weight excluding hydrogens is 163 g/mol. The maximum Gasteiger partial charge on any atom is 0.159 e. The van der Waals surface area contributed by atoms with Gasteiger partial charge in [-0.25, -0.2) is 0 Å². The van der Waals surface area contributed by atoms with Gasteiger partial charge in [0.2, 0.25) is 0 Å². The van der Waals surface area contributed by atoms with Crippen LogP contribution < -0.4 is 0 Å². The first-order valence-corrected chi connectivity index (χ1v) is 3.99. The summed E-state index contributed by atoms with van der Waals surface area (Å²) in [4.78, 5) is 22.0. The van der Waals surface area contributed by atoms with E-state index in [1.807, 2.05) is 0 Å². The molecule has 0 saturated heterocycles. The van der Waals surface area contributed by atoms with E-state index in [-0.39, 0.29) is 17.9 Å². The van der Waals surface area contributed by atoms with Crippen molar-refractivity contribution >= 4 is 19.4 Å². The second-order valence-corrected chi connectivity index (χ2v) is 2.76. The average Bonchev–Trinajstić information content (AvgIpc) is 2.17. The number of rotatable bonds is 3. The first kappa shape index (κ1) is 9.71. The lowest BCUT2D eigenvalue weighted by Crippen LogP contribution is -1.98. The molecule has 64 valence electrons. The molecule has 3 heteroatoms. The molecule has 0 aliphatic carbocycles. The van der Waals surface area contributed by atoms with Crippen molar-refractivity contribution in [3.63, 3.8) is 0 Å². The molecule has 0 atom stereocenters. The van der Waals surface area contributed by atoms with Crippen LogP contribution in [0.15, 0.2) is 24.3 Å². The zero-order valence-electron chi connectivity index (χ0n) is 7.41. The quantitative estimate of drug-likeness (QED) is 0.513. The minimum absolute atomic E-state index is 0.000577. The number of hydrogen-bond donors (Lipinski definition) is 0. The molecule has 0 spiro atoms. The summed E-state index contributed by atoms with van der Waals surface area (Å²) in [6.07, 6.45) is -0.000577. The van der Waals surface area contributed by atoms with Crippen LogP contribution in [0.2, 0.25) is 6.32 Å². The molecule has 0 saturated carbocycles. The van der Waals surface area contributed by atoms with Crippen molar-refractivity contribution in [2.24, 2.45) is 0 Å².